The third-order valence-corrected chi connectivity index (χ3v) is 3.75. The lowest BCUT2D eigenvalue weighted by Crippen LogP contribution is -2.05. The molecule has 2 heterocycles. The average Bonchev–Trinajstić information content (AvgIpc) is 2.76. The molecule has 0 spiro atoms. The number of rotatable bonds is 4. The normalized spacial score (nSPS) is 11.2. The molecule has 0 bridgehead atoms. The van der Waals surface area contributed by atoms with Crippen molar-refractivity contribution in [2.24, 2.45) is 0 Å². The molecule has 19 heavy (non-hydrogen) atoms. The van der Waals surface area contributed by atoms with Crippen molar-refractivity contribution in [3.8, 4) is 0 Å². The molecule has 0 saturated heterocycles. The minimum Gasteiger partial charge on any atom is -0.465 e. The van der Waals surface area contributed by atoms with E-state index in [4.69, 9.17) is 15.2 Å². The van der Waals surface area contributed by atoms with Gasteiger partial charge < -0.3 is 19.9 Å². The van der Waals surface area contributed by atoms with Gasteiger partial charge in [-0.05, 0) is 12.1 Å². The summed E-state index contributed by atoms with van der Waals surface area (Å²) >= 11 is 1.19. The maximum absolute atomic E-state index is 11.6. The number of carbonyl (C=O) groups is 1. The van der Waals surface area contributed by atoms with Gasteiger partial charge in [-0.25, -0.2) is 9.78 Å². The van der Waals surface area contributed by atoms with Crippen LogP contribution in [-0.2, 0) is 14.2 Å². The number of hydrogen-bond donors (Lipinski definition) is 1. The molecule has 2 aromatic heterocycles. The topological polar surface area (TPSA) is 83.7 Å². The number of esters is 1. The van der Waals surface area contributed by atoms with Gasteiger partial charge in [0.15, 0.2) is 0 Å². The molecule has 0 aromatic carbocycles. The number of fused-ring (bicyclic) bond motifs is 1. The van der Waals surface area contributed by atoms with Crippen LogP contribution >= 0.6 is 11.3 Å². The number of hydrogen-bond acceptors (Lipinski definition) is 7. The summed E-state index contributed by atoms with van der Waals surface area (Å²) in [5, 5.41) is 0.722. The summed E-state index contributed by atoms with van der Waals surface area (Å²) in [7, 11) is 4.38. The van der Waals surface area contributed by atoms with Gasteiger partial charge in [-0.2, -0.15) is 0 Å². The predicted molar refractivity (Wildman–Crippen MR) is 72.1 cm³/mol. The first-order valence-corrected chi connectivity index (χ1v) is 6.26. The maximum Gasteiger partial charge on any atom is 0.350 e. The molecule has 0 saturated carbocycles. The van der Waals surface area contributed by atoms with Gasteiger partial charge in [0, 0.05) is 19.6 Å². The number of nitrogens with zero attached hydrogens (tertiary/aromatic N) is 1. The lowest BCUT2D eigenvalue weighted by Gasteiger charge is -2.12. The van der Waals surface area contributed by atoms with Gasteiger partial charge in [0.05, 0.1) is 18.5 Å². The Kier molecular flexibility index (Phi) is 3.98. The third-order valence-electron chi connectivity index (χ3n) is 2.66. The first-order valence-electron chi connectivity index (χ1n) is 5.45. The fraction of sp³-hybridized carbons (Fsp3) is 0.333. The maximum atomic E-state index is 11.6. The van der Waals surface area contributed by atoms with Crippen LogP contribution in [-0.4, -0.2) is 32.3 Å². The average molecular weight is 282 g/mol. The van der Waals surface area contributed by atoms with Gasteiger partial charge in [-0.1, -0.05) is 0 Å². The monoisotopic (exact) mass is 282 g/mol. The Morgan fingerprint density at radius 3 is 2.58 bits per heavy atom. The fourth-order valence-corrected chi connectivity index (χ4v) is 2.74. The molecule has 2 aromatic rings. The third kappa shape index (κ3) is 2.40. The highest BCUT2D eigenvalue weighted by molar-refractivity contribution is 7.21. The number of ether oxygens (including phenoxy) is 3. The standard InChI is InChI=1S/C12H14N2O4S/c1-16-11(15)9-8(13)6-4-5-7(12(17-2)18-3)14-10(6)19-9/h4-5,12H,13H2,1-3H3. The van der Waals surface area contributed by atoms with Crippen LogP contribution in [0.4, 0.5) is 5.69 Å². The van der Waals surface area contributed by atoms with Crippen molar-refractivity contribution in [1.82, 2.24) is 4.98 Å². The quantitative estimate of drug-likeness (QED) is 0.681. The Bertz CT molecular complexity index is 607. The van der Waals surface area contributed by atoms with Crippen molar-refractivity contribution in [2.75, 3.05) is 27.1 Å². The van der Waals surface area contributed by atoms with E-state index in [1.54, 1.807) is 12.1 Å². The molecule has 6 nitrogen and oxygen atoms in total. The van der Waals surface area contributed by atoms with Crippen LogP contribution in [0, 0.1) is 0 Å². The summed E-state index contributed by atoms with van der Waals surface area (Å²) in [6.45, 7) is 0. The fourth-order valence-electron chi connectivity index (χ4n) is 1.72. The Hall–Kier alpha value is -1.70. The number of pyridine rings is 1. The van der Waals surface area contributed by atoms with Gasteiger partial charge in [-0.15, -0.1) is 11.3 Å². The molecular weight excluding hydrogens is 268 g/mol. The van der Waals surface area contributed by atoms with Crippen LogP contribution < -0.4 is 5.73 Å². The molecule has 2 rings (SSSR count). The van der Waals surface area contributed by atoms with E-state index in [1.165, 1.54) is 32.7 Å². The Morgan fingerprint density at radius 2 is 2.00 bits per heavy atom. The minimum atomic E-state index is -0.547. The summed E-state index contributed by atoms with van der Waals surface area (Å²) in [5.41, 5.74) is 6.92. The SMILES string of the molecule is COC(=O)c1sc2nc(C(OC)OC)ccc2c1N. The van der Waals surface area contributed by atoms with Crippen molar-refractivity contribution in [2.45, 2.75) is 6.29 Å². The first kappa shape index (κ1) is 13.7. The number of aromatic nitrogens is 1. The molecule has 2 N–H and O–H groups in total. The van der Waals surface area contributed by atoms with E-state index in [0.717, 1.165) is 5.39 Å². The van der Waals surface area contributed by atoms with Crippen LogP contribution in [0.1, 0.15) is 21.7 Å². The second-order valence-corrected chi connectivity index (χ2v) is 4.73. The Balaban J connectivity index is 2.52. The summed E-state index contributed by atoms with van der Waals surface area (Å²) < 4.78 is 15.0. The lowest BCUT2D eigenvalue weighted by atomic mass is 10.2. The van der Waals surface area contributed by atoms with Gasteiger partial charge in [0.25, 0.3) is 0 Å². The van der Waals surface area contributed by atoms with E-state index in [-0.39, 0.29) is 0 Å². The largest absolute Gasteiger partial charge is 0.465 e. The highest BCUT2D eigenvalue weighted by atomic mass is 32.1. The predicted octanol–water partition coefficient (Wildman–Crippen LogP) is 1.96. The number of thiophene rings is 1. The number of carbonyl (C=O) groups excluding carboxylic acids is 1. The van der Waals surface area contributed by atoms with Crippen LogP contribution in [0.5, 0.6) is 0 Å². The summed E-state index contributed by atoms with van der Waals surface area (Å²) in [6, 6.07) is 3.55. The minimum absolute atomic E-state index is 0.355. The van der Waals surface area contributed by atoms with Gasteiger partial charge in [0.1, 0.15) is 9.71 Å². The Labute approximate surface area is 114 Å². The number of nitrogens with two attached hydrogens (primary N) is 1. The van der Waals surface area contributed by atoms with E-state index >= 15 is 0 Å². The van der Waals surface area contributed by atoms with Crippen LogP contribution in [0.2, 0.25) is 0 Å². The molecule has 0 fully saturated rings. The lowest BCUT2D eigenvalue weighted by molar-refractivity contribution is -0.108. The summed E-state index contributed by atoms with van der Waals surface area (Å²) in [5.74, 6) is -0.461. The van der Waals surface area contributed by atoms with E-state index in [9.17, 15) is 4.79 Å². The molecule has 7 heteroatoms. The number of methoxy groups -OCH3 is 3. The van der Waals surface area contributed by atoms with Crippen LogP contribution in [0.25, 0.3) is 10.2 Å². The molecule has 0 atom stereocenters. The molecule has 0 unspecified atom stereocenters. The highest BCUT2D eigenvalue weighted by Gasteiger charge is 2.19. The smallest absolute Gasteiger partial charge is 0.350 e. The van der Waals surface area contributed by atoms with E-state index in [0.29, 0.717) is 21.1 Å². The second-order valence-electron chi connectivity index (χ2n) is 3.73. The van der Waals surface area contributed by atoms with Crippen LogP contribution in [0.15, 0.2) is 12.1 Å². The molecule has 0 radical (unpaired) electrons. The molecule has 0 amide bonds. The molecular formula is C12H14N2O4S. The zero-order valence-electron chi connectivity index (χ0n) is 10.8. The highest BCUT2D eigenvalue weighted by Crippen LogP contribution is 2.34. The molecule has 102 valence electrons. The molecule has 0 aliphatic rings. The van der Waals surface area contributed by atoms with E-state index < -0.39 is 12.3 Å². The number of nitrogen functional groups attached to an aromatic ring is 1. The molecule has 0 aliphatic heterocycles. The summed E-state index contributed by atoms with van der Waals surface area (Å²) in [6.07, 6.45) is -0.547. The van der Waals surface area contributed by atoms with Crippen LogP contribution in [0.3, 0.4) is 0 Å². The van der Waals surface area contributed by atoms with Gasteiger partial charge >= 0.3 is 5.97 Å². The van der Waals surface area contributed by atoms with Crippen molar-refractivity contribution >= 4 is 33.2 Å². The van der Waals surface area contributed by atoms with Crippen molar-refractivity contribution < 1.29 is 19.0 Å². The van der Waals surface area contributed by atoms with E-state index in [1.807, 2.05) is 0 Å². The number of anilines is 1. The zero-order valence-corrected chi connectivity index (χ0v) is 11.6. The zero-order chi connectivity index (χ0) is 14.0. The summed E-state index contributed by atoms with van der Waals surface area (Å²) in [4.78, 5) is 17.0. The van der Waals surface area contributed by atoms with Crippen molar-refractivity contribution in [1.29, 1.82) is 0 Å². The van der Waals surface area contributed by atoms with Crippen molar-refractivity contribution in [3.63, 3.8) is 0 Å². The van der Waals surface area contributed by atoms with E-state index in [2.05, 4.69) is 9.72 Å². The second kappa shape index (κ2) is 5.52. The first-order chi connectivity index (χ1) is 9.12. The molecule has 0 aliphatic carbocycles. The van der Waals surface area contributed by atoms with Crippen molar-refractivity contribution in [3.05, 3.63) is 22.7 Å². The van der Waals surface area contributed by atoms with Gasteiger partial charge in [-0.3, -0.25) is 0 Å². The Morgan fingerprint density at radius 1 is 1.32 bits per heavy atom. The van der Waals surface area contributed by atoms with Gasteiger partial charge in [0.2, 0.25) is 6.29 Å².